The summed E-state index contributed by atoms with van der Waals surface area (Å²) in [5, 5.41) is 6.54. The first-order chi connectivity index (χ1) is 9.27. The molecule has 1 amide bonds. The first-order valence-electron chi connectivity index (χ1n) is 5.89. The number of rotatable bonds is 6. The molecule has 1 heterocycles. The molecule has 0 saturated carbocycles. The van der Waals surface area contributed by atoms with Crippen LogP contribution in [0.25, 0.3) is 0 Å². The van der Waals surface area contributed by atoms with E-state index in [4.69, 9.17) is 0 Å². The molecule has 1 N–H and O–H groups in total. The summed E-state index contributed by atoms with van der Waals surface area (Å²) in [6.45, 7) is 0.591. The number of thioether (sulfide) groups is 1. The van der Waals surface area contributed by atoms with E-state index in [0.29, 0.717) is 23.4 Å². The van der Waals surface area contributed by atoms with Gasteiger partial charge in [-0.2, -0.15) is 23.1 Å². The summed E-state index contributed by atoms with van der Waals surface area (Å²) in [6.07, 6.45) is 0. The minimum atomic E-state index is -0.169. The highest BCUT2D eigenvalue weighted by atomic mass is 32.2. The number of nitrogens with one attached hydrogen (secondary N) is 1. The van der Waals surface area contributed by atoms with Crippen molar-refractivity contribution in [3.63, 3.8) is 0 Å². The molecule has 1 aromatic heterocycles. The van der Waals surface area contributed by atoms with Gasteiger partial charge in [-0.1, -0.05) is 18.2 Å². The Morgan fingerprint density at radius 2 is 2.16 bits per heavy atom. The molecule has 0 bridgehead atoms. The van der Waals surface area contributed by atoms with Gasteiger partial charge < -0.3 is 5.32 Å². The molecule has 0 fully saturated rings. The fourth-order valence-electron chi connectivity index (χ4n) is 1.53. The molecule has 0 radical (unpaired) electrons. The Morgan fingerprint density at radius 1 is 1.32 bits per heavy atom. The molecule has 2 nitrogen and oxygen atoms in total. The molecular formula is C14H14FNOS2. The maximum absolute atomic E-state index is 13.3. The Bertz CT molecular complexity index is 528. The van der Waals surface area contributed by atoms with E-state index in [1.807, 2.05) is 16.8 Å². The Morgan fingerprint density at radius 3 is 2.89 bits per heavy atom. The molecule has 0 atom stereocenters. The van der Waals surface area contributed by atoms with Crippen molar-refractivity contribution in [2.75, 3.05) is 12.3 Å². The van der Waals surface area contributed by atoms with Crippen LogP contribution in [0.2, 0.25) is 0 Å². The van der Waals surface area contributed by atoms with Crippen LogP contribution in [0.4, 0.5) is 4.39 Å². The number of benzene rings is 1. The van der Waals surface area contributed by atoms with Gasteiger partial charge in [0.05, 0.1) is 0 Å². The Labute approximate surface area is 120 Å². The highest BCUT2D eigenvalue weighted by molar-refractivity contribution is 7.98. The molecule has 100 valence electrons. The van der Waals surface area contributed by atoms with Gasteiger partial charge >= 0.3 is 0 Å². The summed E-state index contributed by atoms with van der Waals surface area (Å²) in [7, 11) is 0. The minimum absolute atomic E-state index is 0.0484. The van der Waals surface area contributed by atoms with Crippen molar-refractivity contribution >= 4 is 29.0 Å². The average molecular weight is 295 g/mol. The summed E-state index contributed by atoms with van der Waals surface area (Å²) < 4.78 is 13.3. The van der Waals surface area contributed by atoms with Gasteiger partial charge in [-0.25, -0.2) is 4.39 Å². The lowest BCUT2D eigenvalue weighted by atomic mass is 10.2. The second-order valence-electron chi connectivity index (χ2n) is 3.91. The first kappa shape index (κ1) is 14.1. The van der Waals surface area contributed by atoms with Crippen molar-refractivity contribution < 1.29 is 9.18 Å². The molecule has 0 spiro atoms. The topological polar surface area (TPSA) is 29.1 Å². The zero-order chi connectivity index (χ0) is 13.5. The lowest BCUT2D eigenvalue weighted by Crippen LogP contribution is -2.25. The van der Waals surface area contributed by atoms with Crippen LogP contribution < -0.4 is 5.32 Å². The fourth-order valence-corrected chi connectivity index (χ4v) is 3.01. The lowest BCUT2D eigenvalue weighted by Gasteiger charge is -2.05. The predicted molar refractivity (Wildman–Crippen MR) is 79.2 cm³/mol. The Hall–Kier alpha value is -1.33. The fraction of sp³-hybridized carbons (Fsp3) is 0.214. The van der Waals surface area contributed by atoms with Gasteiger partial charge in [-0.05, 0) is 23.1 Å². The van der Waals surface area contributed by atoms with Gasteiger partial charge in [0.15, 0.2) is 0 Å². The van der Waals surface area contributed by atoms with Crippen LogP contribution in [0.3, 0.4) is 0 Å². The molecule has 0 saturated heterocycles. The first-order valence-corrected chi connectivity index (χ1v) is 7.98. The number of amides is 1. The highest BCUT2D eigenvalue weighted by Crippen LogP contribution is 2.14. The standard InChI is InChI=1S/C14H14FNOS2/c15-13-4-2-1-3-11(13)9-19-8-6-16-14(17)12-5-7-18-10-12/h1-5,7,10H,6,8-9H2,(H,16,17). The third-order valence-corrected chi connectivity index (χ3v) is 4.22. The van der Waals surface area contributed by atoms with Crippen LogP contribution in [-0.2, 0) is 5.75 Å². The predicted octanol–water partition coefficient (Wildman–Crippen LogP) is 3.55. The van der Waals surface area contributed by atoms with Crippen molar-refractivity contribution in [1.29, 1.82) is 0 Å². The Balaban J connectivity index is 1.65. The van der Waals surface area contributed by atoms with Gasteiger partial charge in [-0.15, -0.1) is 0 Å². The maximum atomic E-state index is 13.3. The molecule has 0 unspecified atom stereocenters. The second kappa shape index (κ2) is 7.31. The minimum Gasteiger partial charge on any atom is -0.351 e. The SMILES string of the molecule is O=C(NCCSCc1ccccc1F)c1ccsc1. The van der Waals surface area contributed by atoms with Crippen molar-refractivity contribution in [1.82, 2.24) is 5.32 Å². The largest absolute Gasteiger partial charge is 0.351 e. The number of halogens is 1. The number of thiophene rings is 1. The number of carbonyl (C=O) groups excluding carboxylic acids is 1. The number of hydrogen-bond acceptors (Lipinski definition) is 3. The zero-order valence-electron chi connectivity index (χ0n) is 10.3. The lowest BCUT2D eigenvalue weighted by molar-refractivity contribution is 0.0956. The second-order valence-corrected chi connectivity index (χ2v) is 5.80. The third-order valence-electron chi connectivity index (χ3n) is 2.53. The summed E-state index contributed by atoms with van der Waals surface area (Å²) in [6, 6.07) is 8.56. The van der Waals surface area contributed by atoms with Crippen LogP contribution in [0.5, 0.6) is 0 Å². The van der Waals surface area contributed by atoms with Crippen LogP contribution >= 0.6 is 23.1 Å². The summed E-state index contributed by atoms with van der Waals surface area (Å²) in [5.41, 5.74) is 1.40. The average Bonchev–Trinajstić information content (AvgIpc) is 2.94. The van der Waals surface area contributed by atoms with Crippen LogP contribution in [0, 0.1) is 5.82 Å². The van der Waals surface area contributed by atoms with Gasteiger partial charge in [-0.3, -0.25) is 4.79 Å². The molecule has 0 aliphatic heterocycles. The smallest absolute Gasteiger partial charge is 0.252 e. The quantitative estimate of drug-likeness (QED) is 0.826. The van der Waals surface area contributed by atoms with E-state index in [1.54, 1.807) is 30.0 Å². The number of carbonyl (C=O) groups is 1. The molecule has 0 aliphatic carbocycles. The van der Waals surface area contributed by atoms with Crippen molar-refractivity contribution in [3.05, 3.63) is 58.0 Å². The third kappa shape index (κ3) is 4.36. The van der Waals surface area contributed by atoms with E-state index in [9.17, 15) is 9.18 Å². The summed E-state index contributed by atoms with van der Waals surface area (Å²) in [4.78, 5) is 11.6. The van der Waals surface area contributed by atoms with Crippen LogP contribution in [0.15, 0.2) is 41.1 Å². The normalized spacial score (nSPS) is 10.4. The van der Waals surface area contributed by atoms with E-state index in [0.717, 1.165) is 5.75 Å². The molecule has 1 aromatic carbocycles. The Kier molecular flexibility index (Phi) is 5.42. The van der Waals surface area contributed by atoms with Crippen molar-refractivity contribution in [3.8, 4) is 0 Å². The van der Waals surface area contributed by atoms with E-state index in [1.165, 1.54) is 17.4 Å². The van der Waals surface area contributed by atoms with Crippen molar-refractivity contribution in [2.45, 2.75) is 5.75 Å². The maximum Gasteiger partial charge on any atom is 0.252 e. The van der Waals surface area contributed by atoms with Crippen LogP contribution in [-0.4, -0.2) is 18.2 Å². The molecule has 0 aliphatic rings. The van der Waals surface area contributed by atoms with Gasteiger partial charge in [0.25, 0.3) is 5.91 Å². The molecule has 19 heavy (non-hydrogen) atoms. The van der Waals surface area contributed by atoms with Crippen LogP contribution in [0.1, 0.15) is 15.9 Å². The monoisotopic (exact) mass is 295 g/mol. The zero-order valence-corrected chi connectivity index (χ0v) is 11.9. The molecule has 2 rings (SSSR count). The van der Waals surface area contributed by atoms with Gasteiger partial charge in [0.2, 0.25) is 0 Å². The number of hydrogen-bond donors (Lipinski definition) is 1. The molecule has 2 aromatic rings. The molecular weight excluding hydrogens is 281 g/mol. The van der Waals surface area contributed by atoms with E-state index < -0.39 is 0 Å². The highest BCUT2D eigenvalue weighted by Gasteiger charge is 2.04. The van der Waals surface area contributed by atoms with E-state index in [2.05, 4.69) is 5.32 Å². The van der Waals surface area contributed by atoms with Gasteiger partial charge in [0, 0.05) is 29.0 Å². The van der Waals surface area contributed by atoms with Crippen molar-refractivity contribution in [2.24, 2.45) is 0 Å². The summed E-state index contributed by atoms with van der Waals surface area (Å²) in [5.74, 6) is 1.18. The van der Waals surface area contributed by atoms with E-state index in [-0.39, 0.29) is 11.7 Å². The molecule has 5 heteroatoms. The van der Waals surface area contributed by atoms with E-state index >= 15 is 0 Å². The summed E-state index contributed by atoms with van der Waals surface area (Å²) >= 11 is 3.11. The van der Waals surface area contributed by atoms with Gasteiger partial charge in [0.1, 0.15) is 5.82 Å².